The average Bonchev–Trinajstić information content (AvgIpc) is 3.05. The van der Waals surface area contributed by atoms with Crippen LogP contribution in [0.25, 0.3) is 22.6 Å². The van der Waals surface area contributed by atoms with Crippen molar-refractivity contribution in [2.75, 3.05) is 0 Å². The Balaban J connectivity index is 1.86. The van der Waals surface area contributed by atoms with E-state index in [0.29, 0.717) is 10.6 Å². The van der Waals surface area contributed by atoms with Crippen molar-refractivity contribution in [2.45, 2.75) is 0 Å². The number of hydrogen-bond donors (Lipinski definition) is 0. The molecule has 0 radical (unpaired) electrons. The van der Waals surface area contributed by atoms with Crippen molar-refractivity contribution < 1.29 is 9.34 Å². The monoisotopic (exact) mass is 361 g/mol. The average molecular weight is 362 g/mol. The number of halogens is 2. The van der Waals surface area contributed by atoms with E-state index in [4.69, 9.17) is 27.6 Å². The Bertz CT molecular complexity index is 920. The third-order valence-corrected chi connectivity index (χ3v) is 3.60. The van der Waals surface area contributed by atoms with Gasteiger partial charge in [0.05, 0.1) is 4.92 Å². The number of aromatic nitrogens is 2. The molecule has 0 spiro atoms. The van der Waals surface area contributed by atoms with Crippen LogP contribution in [-0.4, -0.2) is 15.1 Å². The molecule has 0 bridgehead atoms. The molecule has 0 N–H and O–H groups in total. The van der Waals surface area contributed by atoms with E-state index in [1.807, 2.05) is 6.07 Å². The quantitative estimate of drug-likeness (QED) is 0.480. The predicted molar refractivity (Wildman–Crippen MR) is 91.6 cm³/mol. The highest BCUT2D eigenvalue weighted by Gasteiger charge is 2.13. The van der Waals surface area contributed by atoms with Crippen molar-refractivity contribution in [2.24, 2.45) is 0 Å². The Morgan fingerprint density at radius 2 is 1.92 bits per heavy atom. The molecule has 8 heteroatoms. The van der Waals surface area contributed by atoms with E-state index in [-0.39, 0.29) is 22.5 Å². The molecule has 0 saturated carbocycles. The molecule has 0 unspecified atom stereocenters. The summed E-state index contributed by atoms with van der Waals surface area (Å²) in [5, 5.41) is 19.3. The highest BCUT2D eigenvalue weighted by atomic mass is 35.5. The van der Waals surface area contributed by atoms with Crippen LogP contribution in [0.4, 0.5) is 5.69 Å². The summed E-state index contributed by atoms with van der Waals surface area (Å²) in [5.74, 6) is 0.363. The number of hydrogen-bond acceptors (Lipinski definition) is 5. The van der Waals surface area contributed by atoms with Gasteiger partial charge in [0, 0.05) is 22.7 Å². The van der Waals surface area contributed by atoms with Gasteiger partial charge in [0.2, 0.25) is 5.89 Å². The van der Waals surface area contributed by atoms with Crippen molar-refractivity contribution >= 4 is 40.0 Å². The molecule has 3 aromatic rings. The molecular weight excluding hydrogens is 353 g/mol. The van der Waals surface area contributed by atoms with Crippen molar-refractivity contribution in [1.82, 2.24) is 10.2 Å². The zero-order valence-electron chi connectivity index (χ0n) is 12.0. The van der Waals surface area contributed by atoms with Crippen LogP contribution >= 0.6 is 23.2 Å². The van der Waals surface area contributed by atoms with Crippen LogP contribution in [0, 0.1) is 10.1 Å². The third-order valence-electron chi connectivity index (χ3n) is 3.10. The maximum atomic E-state index is 10.7. The van der Waals surface area contributed by atoms with E-state index >= 15 is 0 Å². The van der Waals surface area contributed by atoms with Gasteiger partial charge < -0.3 is 4.42 Å². The number of nitro benzene ring substituents is 1. The Morgan fingerprint density at radius 1 is 1.17 bits per heavy atom. The third kappa shape index (κ3) is 3.61. The minimum Gasteiger partial charge on any atom is -0.415 e. The summed E-state index contributed by atoms with van der Waals surface area (Å²) in [5.41, 5.74) is 1.34. The number of nitrogens with zero attached hydrogens (tertiary/aromatic N) is 3. The molecule has 0 aliphatic rings. The van der Waals surface area contributed by atoms with Crippen LogP contribution in [0.5, 0.6) is 0 Å². The molecule has 1 aromatic heterocycles. The molecule has 0 aliphatic heterocycles. The van der Waals surface area contributed by atoms with Gasteiger partial charge >= 0.3 is 0 Å². The van der Waals surface area contributed by atoms with Gasteiger partial charge in [-0.1, -0.05) is 35.3 Å². The standard InChI is InChI=1S/C16H9Cl2N3O3/c17-12-3-1-2-10(8-12)9-14(18)16-20-19-15(24-16)11-4-6-13(7-5-11)21(22)23/h1-9H/b14-9-. The lowest BCUT2D eigenvalue weighted by Gasteiger charge is -1.96. The first kappa shape index (κ1) is 16.2. The van der Waals surface area contributed by atoms with E-state index in [0.717, 1.165) is 5.56 Å². The van der Waals surface area contributed by atoms with E-state index in [1.165, 1.54) is 24.3 Å². The van der Waals surface area contributed by atoms with Crippen LogP contribution in [0.15, 0.2) is 52.9 Å². The molecular formula is C16H9Cl2N3O3. The zero-order valence-corrected chi connectivity index (χ0v) is 13.5. The van der Waals surface area contributed by atoms with E-state index < -0.39 is 4.92 Å². The Morgan fingerprint density at radius 3 is 2.58 bits per heavy atom. The van der Waals surface area contributed by atoms with Crippen molar-refractivity contribution in [3.63, 3.8) is 0 Å². The lowest BCUT2D eigenvalue weighted by atomic mass is 10.2. The Hall–Kier alpha value is -2.70. The fourth-order valence-electron chi connectivity index (χ4n) is 1.97. The summed E-state index contributed by atoms with van der Waals surface area (Å²) in [4.78, 5) is 10.2. The Labute approximate surface area is 146 Å². The van der Waals surface area contributed by atoms with Gasteiger partial charge in [-0.05, 0) is 35.9 Å². The van der Waals surface area contributed by atoms with Crippen LogP contribution in [0.3, 0.4) is 0 Å². The maximum absolute atomic E-state index is 10.7. The summed E-state index contributed by atoms with van der Waals surface area (Å²) in [7, 11) is 0. The molecule has 0 atom stereocenters. The predicted octanol–water partition coefficient (Wildman–Crippen LogP) is 5.04. The highest BCUT2D eigenvalue weighted by Crippen LogP contribution is 2.26. The molecule has 0 saturated heterocycles. The van der Waals surface area contributed by atoms with Crippen molar-refractivity contribution in [3.8, 4) is 11.5 Å². The largest absolute Gasteiger partial charge is 0.415 e. The van der Waals surface area contributed by atoms with Gasteiger partial charge in [0.15, 0.2) is 0 Å². The van der Waals surface area contributed by atoms with E-state index in [9.17, 15) is 10.1 Å². The second-order valence-corrected chi connectivity index (χ2v) is 5.61. The first-order valence-corrected chi connectivity index (χ1v) is 7.50. The summed E-state index contributed by atoms with van der Waals surface area (Å²) in [6, 6.07) is 12.9. The van der Waals surface area contributed by atoms with E-state index in [1.54, 1.807) is 24.3 Å². The lowest BCUT2D eigenvalue weighted by Crippen LogP contribution is -1.87. The van der Waals surface area contributed by atoms with Gasteiger partial charge in [-0.3, -0.25) is 10.1 Å². The molecule has 2 aromatic carbocycles. The number of benzene rings is 2. The normalized spacial score (nSPS) is 11.5. The molecule has 6 nitrogen and oxygen atoms in total. The second kappa shape index (κ2) is 6.82. The number of nitro groups is 1. The van der Waals surface area contributed by atoms with Gasteiger partial charge in [-0.2, -0.15) is 0 Å². The van der Waals surface area contributed by atoms with Crippen LogP contribution in [0.2, 0.25) is 5.02 Å². The van der Waals surface area contributed by atoms with Gasteiger partial charge in [0.1, 0.15) is 5.03 Å². The maximum Gasteiger partial charge on any atom is 0.269 e. The zero-order chi connectivity index (χ0) is 17.1. The molecule has 24 heavy (non-hydrogen) atoms. The van der Waals surface area contributed by atoms with Crippen LogP contribution in [0.1, 0.15) is 11.5 Å². The van der Waals surface area contributed by atoms with Gasteiger partial charge in [-0.15, -0.1) is 10.2 Å². The first-order valence-electron chi connectivity index (χ1n) is 6.74. The molecule has 0 fully saturated rings. The van der Waals surface area contributed by atoms with Crippen molar-refractivity contribution in [3.05, 3.63) is 75.1 Å². The SMILES string of the molecule is O=[N+]([O-])c1ccc(-c2nnc(/C(Cl)=C/c3cccc(Cl)c3)o2)cc1. The molecule has 1 heterocycles. The summed E-state index contributed by atoms with van der Waals surface area (Å²) >= 11 is 12.1. The summed E-state index contributed by atoms with van der Waals surface area (Å²) in [6.07, 6.45) is 1.65. The molecule has 120 valence electrons. The topological polar surface area (TPSA) is 82.1 Å². The molecule has 0 amide bonds. The summed E-state index contributed by atoms with van der Waals surface area (Å²) in [6.45, 7) is 0. The Kier molecular flexibility index (Phi) is 4.59. The van der Waals surface area contributed by atoms with Crippen molar-refractivity contribution in [1.29, 1.82) is 0 Å². The molecule has 0 aliphatic carbocycles. The second-order valence-electron chi connectivity index (χ2n) is 4.76. The smallest absolute Gasteiger partial charge is 0.269 e. The minimum absolute atomic E-state index is 0.0163. The minimum atomic E-state index is -0.479. The lowest BCUT2D eigenvalue weighted by molar-refractivity contribution is -0.384. The van der Waals surface area contributed by atoms with Crippen LogP contribution in [-0.2, 0) is 0 Å². The van der Waals surface area contributed by atoms with Gasteiger partial charge in [-0.25, -0.2) is 0 Å². The molecule has 3 rings (SSSR count). The summed E-state index contributed by atoms with van der Waals surface area (Å²) < 4.78 is 5.51. The fourth-order valence-corrected chi connectivity index (χ4v) is 2.37. The van der Waals surface area contributed by atoms with Gasteiger partial charge in [0.25, 0.3) is 11.6 Å². The number of rotatable bonds is 4. The fraction of sp³-hybridized carbons (Fsp3) is 0. The highest BCUT2D eigenvalue weighted by molar-refractivity contribution is 6.50. The van der Waals surface area contributed by atoms with Crippen LogP contribution < -0.4 is 0 Å². The number of non-ortho nitro benzene ring substituents is 1. The van der Waals surface area contributed by atoms with E-state index in [2.05, 4.69) is 10.2 Å². The first-order chi connectivity index (χ1) is 11.5.